The van der Waals surface area contributed by atoms with Crippen LogP contribution in [0.3, 0.4) is 0 Å². The van der Waals surface area contributed by atoms with Crippen molar-refractivity contribution in [2.24, 2.45) is 11.7 Å². The Morgan fingerprint density at radius 1 is 1.69 bits per heavy atom. The standard InChI is InChI=1S/C11H21N3O2/c1-4-7(2)9(12)10(15)13-8-5-6-14(3)11(8)16/h7-9H,4-6,12H2,1-3H3,(H,13,15). The molecule has 0 aliphatic carbocycles. The van der Waals surface area contributed by atoms with Gasteiger partial charge in [-0.15, -0.1) is 0 Å². The third-order valence-electron chi connectivity index (χ3n) is 3.30. The molecule has 0 bridgehead atoms. The van der Waals surface area contributed by atoms with Gasteiger partial charge in [-0.1, -0.05) is 20.3 Å². The van der Waals surface area contributed by atoms with Gasteiger partial charge in [-0.05, 0) is 12.3 Å². The van der Waals surface area contributed by atoms with E-state index in [9.17, 15) is 9.59 Å². The SMILES string of the molecule is CCC(C)C(N)C(=O)NC1CCN(C)C1=O. The summed E-state index contributed by atoms with van der Waals surface area (Å²) < 4.78 is 0. The van der Waals surface area contributed by atoms with E-state index in [2.05, 4.69) is 5.32 Å². The van der Waals surface area contributed by atoms with E-state index in [1.165, 1.54) is 0 Å². The van der Waals surface area contributed by atoms with Crippen molar-refractivity contribution in [2.45, 2.75) is 38.8 Å². The van der Waals surface area contributed by atoms with E-state index in [-0.39, 0.29) is 23.8 Å². The van der Waals surface area contributed by atoms with Crippen LogP contribution in [0.15, 0.2) is 0 Å². The van der Waals surface area contributed by atoms with Crippen LogP contribution in [0.1, 0.15) is 26.7 Å². The topological polar surface area (TPSA) is 75.4 Å². The maximum atomic E-state index is 11.7. The largest absolute Gasteiger partial charge is 0.344 e. The summed E-state index contributed by atoms with van der Waals surface area (Å²) in [5.74, 6) is -0.109. The van der Waals surface area contributed by atoms with Crippen LogP contribution in [-0.4, -0.2) is 42.4 Å². The van der Waals surface area contributed by atoms with E-state index in [0.29, 0.717) is 13.0 Å². The molecule has 3 N–H and O–H groups in total. The first-order chi connectivity index (χ1) is 7.47. The van der Waals surface area contributed by atoms with Crippen LogP contribution in [-0.2, 0) is 9.59 Å². The Morgan fingerprint density at radius 2 is 2.31 bits per heavy atom. The number of rotatable bonds is 4. The van der Waals surface area contributed by atoms with Crippen molar-refractivity contribution in [3.8, 4) is 0 Å². The molecule has 1 saturated heterocycles. The molecule has 0 radical (unpaired) electrons. The van der Waals surface area contributed by atoms with Gasteiger partial charge in [-0.2, -0.15) is 0 Å². The summed E-state index contributed by atoms with van der Waals surface area (Å²) in [5.41, 5.74) is 5.79. The Bertz CT molecular complexity index is 280. The smallest absolute Gasteiger partial charge is 0.244 e. The summed E-state index contributed by atoms with van der Waals surface area (Å²) >= 11 is 0. The monoisotopic (exact) mass is 227 g/mol. The van der Waals surface area contributed by atoms with Gasteiger partial charge in [0, 0.05) is 13.6 Å². The number of hydrogen-bond donors (Lipinski definition) is 2. The summed E-state index contributed by atoms with van der Waals surface area (Å²) in [6.07, 6.45) is 1.53. The van der Waals surface area contributed by atoms with Crippen molar-refractivity contribution in [2.75, 3.05) is 13.6 Å². The van der Waals surface area contributed by atoms with Gasteiger partial charge in [-0.3, -0.25) is 9.59 Å². The normalized spacial score (nSPS) is 24.4. The lowest BCUT2D eigenvalue weighted by molar-refractivity contribution is -0.132. The molecule has 5 nitrogen and oxygen atoms in total. The van der Waals surface area contributed by atoms with Crippen LogP contribution in [0.2, 0.25) is 0 Å². The van der Waals surface area contributed by atoms with Crippen molar-refractivity contribution >= 4 is 11.8 Å². The van der Waals surface area contributed by atoms with Crippen LogP contribution in [0.25, 0.3) is 0 Å². The molecule has 1 heterocycles. The highest BCUT2D eigenvalue weighted by atomic mass is 16.2. The molecule has 1 fully saturated rings. The first kappa shape index (κ1) is 13.0. The van der Waals surface area contributed by atoms with E-state index in [4.69, 9.17) is 5.73 Å². The predicted octanol–water partition coefficient (Wildman–Crippen LogP) is -0.293. The van der Waals surface area contributed by atoms with Gasteiger partial charge >= 0.3 is 0 Å². The molecule has 1 aliphatic rings. The van der Waals surface area contributed by atoms with Crippen molar-refractivity contribution in [3.63, 3.8) is 0 Å². The highest BCUT2D eigenvalue weighted by molar-refractivity contribution is 5.90. The first-order valence-electron chi connectivity index (χ1n) is 5.78. The van der Waals surface area contributed by atoms with Crippen LogP contribution in [0.4, 0.5) is 0 Å². The average molecular weight is 227 g/mol. The fourth-order valence-corrected chi connectivity index (χ4v) is 1.74. The number of amides is 2. The second-order valence-electron chi connectivity index (χ2n) is 4.52. The average Bonchev–Trinajstić information content (AvgIpc) is 2.58. The lowest BCUT2D eigenvalue weighted by Crippen LogP contribution is -2.50. The zero-order chi connectivity index (χ0) is 12.3. The molecule has 0 aromatic carbocycles. The molecular weight excluding hydrogens is 206 g/mol. The first-order valence-corrected chi connectivity index (χ1v) is 5.78. The number of carbonyl (C=O) groups excluding carboxylic acids is 2. The van der Waals surface area contributed by atoms with Crippen LogP contribution in [0.5, 0.6) is 0 Å². The predicted molar refractivity (Wildman–Crippen MR) is 61.6 cm³/mol. The minimum Gasteiger partial charge on any atom is -0.344 e. The summed E-state index contributed by atoms with van der Waals surface area (Å²) in [7, 11) is 1.74. The van der Waals surface area contributed by atoms with Gasteiger partial charge in [-0.25, -0.2) is 0 Å². The van der Waals surface area contributed by atoms with Gasteiger partial charge in [0.1, 0.15) is 6.04 Å². The van der Waals surface area contributed by atoms with Gasteiger partial charge in [0.25, 0.3) is 0 Å². The summed E-state index contributed by atoms with van der Waals surface area (Å²) in [5, 5.41) is 2.72. The molecule has 0 spiro atoms. The second kappa shape index (κ2) is 5.30. The molecule has 0 aromatic rings. The number of nitrogens with two attached hydrogens (primary N) is 1. The maximum Gasteiger partial charge on any atom is 0.244 e. The van der Waals surface area contributed by atoms with E-state index in [1.54, 1.807) is 11.9 Å². The minimum absolute atomic E-state index is 0.0234. The lowest BCUT2D eigenvalue weighted by atomic mass is 9.99. The number of nitrogens with one attached hydrogen (secondary N) is 1. The second-order valence-corrected chi connectivity index (χ2v) is 4.52. The molecule has 1 aliphatic heterocycles. The molecule has 2 amide bonds. The Kier molecular flexibility index (Phi) is 4.29. The molecule has 0 saturated carbocycles. The van der Waals surface area contributed by atoms with Gasteiger partial charge in [0.05, 0.1) is 6.04 Å². The summed E-state index contributed by atoms with van der Waals surface area (Å²) in [6, 6.07) is -0.906. The molecule has 0 aromatic heterocycles. The van der Waals surface area contributed by atoms with Crippen molar-refractivity contribution in [1.29, 1.82) is 0 Å². The van der Waals surface area contributed by atoms with E-state index in [0.717, 1.165) is 6.42 Å². The molecular formula is C11H21N3O2. The van der Waals surface area contributed by atoms with Crippen LogP contribution < -0.4 is 11.1 Å². The Labute approximate surface area is 96.4 Å². The fourth-order valence-electron chi connectivity index (χ4n) is 1.74. The zero-order valence-electron chi connectivity index (χ0n) is 10.2. The molecule has 92 valence electrons. The maximum absolute atomic E-state index is 11.7. The Morgan fingerprint density at radius 3 is 2.75 bits per heavy atom. The van der Waals surface area contributed by atoms with E-state index < -0.39 is 6.04 Å². The Balaban J connectivity index is 2.49. The summed E-state index contributed by atoms with van der Waals surface area (Å²) in [6.45, 7) is 4.63. The Hall–Kier alpha value is -1.10. The number of carbonyl (C=O) groups is 2. The highest BCUT2D eigenvalue weighted by Crippen LogP contribution is 2.10. The number of nitrogens with zero attached hydrogens (tertiary/aromatic N) is 1. The minimum atomic E-state index is -0.524. The van der Waals surface area contributed by atoms with E-state index >= 15 is 0 Å². The fraction of sp³-hybridized carbons (Fsp3) is 0.818. The number of hydrogen-bond acceptors (Lipinski definition) is 3. The summed E-state index contributed by atoms with van der Waals surface area (Å²) in [4.78, 5) is 24.9. The molecule has 1 rings (SSSR count). The zero-order valence-corrected chi connectivity index (χ0v) is 10.2. The third kappa shape index (κ3) is 2.72. The molecule has 3 atom stereocenters. The van der Waals surface area contributed by atoms with Crippen molar-refractivity contribution < 1.29 is 9.59 Å². The van der Waals surface area contributed by atoms with Crippen LogP contribution in [0, 0.1) is 5.92 Å². The molecule has 3 unspecified atom stereocenters. The van der Waals surface area contributed by atoms with E-state index in [1.807, 2.05) is 13.8 Å². The number of likely N-dealkylation sites (tertiary alicyclic amines) is 1. The van der Waals surface area contributed by atoms with Gasteiger partial charge < -0.3 is 16.0 Å². The molecule has 5 heteroatoms. The van der Waals surface area contributed by atoms with Crippen LogP contribution >= 0.6 is 0 Å². The highest BCUT2D eigenvalue weighted by Gasteiger charge is 2.32. The van der Waals surface area contributed by atoms with Gasteiger partial charge in [0.2, 0.25) is 11.8 Å². The van der Waals surface area contributed by atoms with Crippen molar-refractivity contribution in [1.82, 2.24) is 10.2 Å². The quantitative estimate of drug-likeness (QED) is 0.693. The van der Waals surface area contributed by atoms with Gasteiger partial charge in [0.15, 0.2) is 0 Å². The third-order valence-corrected chi connectivity index (χ3v) is 3.30. The molecule has 16 heavy (non-hydrogen) atoms. The lowest BCUT2D eigenvalue weighted by Gasteiger charge is -2.20. The van der Waals surface area contributed by atoms with Crippen molar-refractivity contribution in [3.05, 3.63) is 0 Å². The number of likely N-dealkylation sites (N-methyl/N-ethyl adjacent to an activating group) is 1.